The summed E-state index contributed by atoms with van der Waals surface area (Å²) >= 11 is 5.35. The Hall–Kier alpha value is -1.27. The fourth-order valence-corrected chi connectivity index (χ4v) is 4.03. The summed E-state index contributed by atoms with van der Waals surface area (Å²) in [6, 6.07) is 2.85. The molecule has 0 saturated carbocycles. The number of imidazole rings is 1. The second-order valence-electron chi connectivity index (χ2n) is 5.76. The number of aromatic amines is 1. The lowest BCUT2D eigenvalue weighted by Gasteiger charge is -2.45. The zero-order valence-corrected chi connectivity index (χ0v) is 11.7. The van der Waals surface area contributed by atoms with Crippen LogP contribution < -0.4 is 0 Å². The Morgan fingerprint density at radius 2 is 1.95 bits per heavy atom. The van der Waals surface area contributed by atoms with Crippen LogP contribution in [0.1, 0.15) is 18.9 Å². The summed E-state index contributed by atoms with van der Waals surface area (Å²) in [5, 5.41) is 0. The van der Waals surface area contributed by atoms with Crippen LogP contribution in [0.4, 0.5) is 8.78 Å². The number of hydrogen-bond acceptors (Lipinski definition) is 2. The summed E-state index contributed by atoms with van der Waals surface area (Å²) in [4.78, 5) is 5.38. The minimum absolute atomic E-state index is 0.148. The third-order valence-electron chi connectivity index (χ3n) is 4.72. The van der Waals surface area contributed by atoms with E-state index in [1.165, 1.54) is 0 Å². The van der Waals surface area contributed by atoms with Gasteiger partial charge in [-0.3, -0.25) is 0 Å². The van der Waals surface area contributed by atoms with Gasteiger partial charge in [0, 0.05) is 6.54 Å². The Bertz CT molecular complexity index is 728. The Morgan fingerprint density at radius 1 is 1.20 bits per heavy atom. The molecule has 4 heterocycles. The first-order chi connectivity index (χ1) is 9.65. The SMILES string of the molecule is Fc1ccc2[nH]c(=S)n(C3CN4CCC3CC4)c2c1F. The smallest absolute Gasteiger partial charge is 0.184 e. The van der Waals surface area contributed by atoms with E-state index in [1.54, 1.807) is 10.6 Å². The van der Waals surface area contributed by atoms with Crippen molar-refractivity contribution in [3.8, 4) is 0 Å². The molecule has 1 aromatic heterocycles. The molecule has 3 nitrogen and oxygen atoms in total. The minimum atomic E-state index is -0.818. The van der Waals surface area contributed by atoms with Crippen molar-refractivity contribution in [3.05, 3.63) is 28.5 Å². The molecule has 0 aliphatic carbocycles. The number of piperidine rings is 3. The minimum Gasteiger partial charge on any atom is -0.330 e. The number of fused-ring (bicyclic) bond motifs is 4. The van der Waals surface area contributed by atoms with Gasteiger partial charge in [0.15, 0.2) is 16.4 Å². The van der Waals surface area contributed by atoms with Crippen LogP contribution in [0.25, 0.3) is 11.0 Å². The molecular weight excluding hydrogens is 280 g/mol. The van der Waals surface area contributed by atoms with E-state index in [0.717, 1.165) is 38.5 Å². The van der Waals surface area contributed by atoms with Gasteiger partial charge < -0.3 is 14.5 Å². The average molecular weight is 295 g/mol. The van der Waals surface area contributed by atoms with Crippen LogP contribution in [0.15, 0.2) is 12.1 Å². The molecule has 3 fully saturated rings. The molecule has 5 rings (SSSR count). The first kappa shape index (κ1) is 12.5. The van der Waals surface area contributed by atoms with Gasteiger partial charge in [0.05, 0.1) is 11.6 Å². The average Bonchev–Trinajstić information content (AvgIpc) is 2.81. The highest BCUT2D eigenvalue weighted by Gasteiger charge is 2.36. The normalized spacial score (nSPS) is 29.2. The molecule has 1 aromatic carbocycles. The first-order valence-corrected chi connectivity index (χ1v) is 7.36. The lowest BCUT2D eigenvalue weighted by molar-refractivity contribution is 0.0580. The van der Waals surface area contributed by atoms with Gasteiger partial charge in [-0.1, -0.05) is 0 Å². The van der Waals surface area contributed by atoms with E-state index in [2.05, 4.69) is 9.88 Å². The number of nitrogens with zero attached hydrogens (tertiary/aromatic N) is 2. The highest BCUT2D eigenvalue weighted by Crippen LogP contribution is 2.38. The van der Waals surface area contributed by atoms with Crippen molar-refractivity contribution in [2.75, 3.05) is 19.6 Å². The number of hydrogen-bond donors (Lipinski definition) is 1. The third-order valence-corrected chi connectivity index (χ3v) is 5.02. The summed E-state index contributed by atoms with van der Waals surface area (Å²) in [6.07, 6.45) is 2.21. The monoisotopic (exact) mass is 295 g/mol. The van der Waals surface area contributed by atoms with E-state index in [1.807, 2.05) is 0 Å². The molecular formula is C14H15F2N3S. The Labute approximate surface area is 120 Å². The Balaban J connectivity index is 1.93. The first-order valence-electron chi connectivity index (χ1n) is 6.95. The fraction of sp³-hybridized carbons (Fsp3) is 0.500. The van der Waals surface area contributed by atoms with E-state index in [-0.39, 0.29) is 11.6 Å². The standard InChI is InChI=1S/C14H15F2N3S/c15-9-1-2-10-13(12(9)16)19(14(20)17-10)11-7-18-5-3-8(11)4-6-18/h1-2,8,11H,3-7H2,(H,17,20). The number of halogens is 2. The molecule has 0 radical (unpaired) electrons. The molecule has 3 aliphatic heterocycles. The van der Waals surface area contributed by atoms with Gasteiger partial charge in [-0.2, -0.15) is 0 Å². The van der Waals surface area contributed by atoms with Gasteiger partial charge in [0.25, 0.3) is 0 Å². The highest BCUT2D eigenvalue weighted by molar-refractivity contribution is 7.71. The molecule has 2 aromatic rings. The second kappa shape index (κ2) is 4.36. The van der Waals surface area contributed by atoms with Crippen LogP contribution in [-0.4, -0.2) is 34.1 Å². The molecule has 106 valence electrons. The Morgan fingerprint density at radius 3 is 2.60 bits per heavy atom. The lowest BCUT2D eigenvalue weighted by atomic mass is 9.84. The molecule has 2 bridgehead atoms. The molecule has 0 spiro atoms. The maximum atomic E-state index is 14.2. The van der Waals surface area contributed by atoms with Gasteiger partial charge >= 0.3 is 0 Å². The largest absolute Gasteiger partial charge is 0.330 e. The van der Waals surface area contributed by atoms with Crippen molar-refractivity contribution in [1.82, 2.24) is 14.5 Å². The van der Waals surface area contributed by atoms with Crippen LogP contribution in [0.5, 0.6) is 0 Å². The van der Waals surface area contributed by atoms with Gasteiger partial charge in [0.2, 0.25) is 0 Å². The van der Waals surface area contributed by atoms with E-state index >= 15 is 0 Å². The summed E-state index contributed by atoms with van der Waals surface area (Å²) < 4.78 is 30.0. The van der Waals surface area contributed by atoms with Crippen LogP contribution in [0, 0.1) is 22.3 Å². The van der Waals surface area contributed by atoms with Crippen LogP contribution in [-0.2, 0) is 0 Å². The fourth-order valence-electron chi connectivity index (χ4n) is 3.70. The zero-order valence-electron chi connectivity index (χ0n) is 10.9. The lowest BCUT2D eigenvalue weighted by Crippen LogP contribution is -2.48. The molecule has 20 heavy (non-hydrogen) atoms. The van der Waals surface area contributed by atoms with E-state index in [4.69, 9.17) is 12.2 Å². The van der Waals surface area contributed by atoms with Crippen LogP contribution in [0.3, 0.4) is 0 Å². The summed E-state index contributed by atoms with van der Waals surface area (Å²) in [7, 11) is 0. The number of nitrogens with one attached hydrogen (secondary N) is 1. The van der Waals surface area contributed by atoms with Gasteiger partial charge in [-0.05, 0) is 56.2 Å². The number of aromatic nitrogens is 2. The number of benzene rings is 1. The molecule has 1 atom stereocenters. The molecule has 3 aliphatic rings. The maximum Gasteiger partial charge on any atom is 0.184 e. The van der Waals surface area contributed by atoms with Crippen molar-refractivity contribution in [2.45, 2.75) is 18.9 Å². The zero-order chi connectivity index (χ0) is 13.9. The Kier molecular flexibility index (Phi) is 2.72. The van der Waals surface area contributed by atoms with E-state index < -0.39 is 11.6 Å². The molecule has 6 heteroatoms. The molecule has 3 saturated heterocycles. The molecule has 1 N–H and O–H groups in total. The van der Waals surface area contributed by atoms with Crippen molar-refractivity contribution in [1.29, 1.82) is 0 Å². The highest BCUT2D eigenvalue weighted by atomic mass is 32.1. The van der Waals surface area contributed by atoms with Gasteiger partial charge in [0.1, 0.15) is 5.52 Å². The topological polar surface area (TPSA) is 24.0 Å². The molecule has 1 unspecified atom stereocenters. The van der Waals surface area contributed by atoms with Crippen molar-refractivity contribution in [3.63, 3.8) is 0 Å². The number of H-pyrrole nitrogens is 1. The number of rotatable bonds is 1. The van der Waals surface area contributed by atoms with Gasteiger partial charge in [-0.15, -0.1) is 0 Å². The second-order valence-corrected chi connectivity index (χ2v) is 6.15. The summed E-state index contributed by atoms with van der Waals surface area (Å²) in [6.45, 7) is 3.09. The van der Waals surface area contributed by atoms with E-state index in [0.29, 0.717) is 16.2 Å². The van der Waals surface area contributed by atoms with Crippen molar-refractivity contribution < 1.29 is 8.78 Å². The summed E-state index contributed by atoms with van der Waals surface area (Å²) in [5.41, 5.74) is 0.860. The molecule has 0 amide bonds. The van der Waals surface area contributed by atoms with E-state index in [9.17, 15) is 8.78 Å². The van der Waals surface area contributed by atoms with Crippen molar-refractivity contribution in [2.24, 2.45) is 5.92 Å². The van der Waals surface area contributed by atoms with Crippen molar-refractivity contribution >= 4 is 23.3 Å². The maximum absolute atomic E-state index is 14.2. The predicted molar refractivity (Wildman–Crippen MR) is 75.2 cm³/mol. The van der Waals surface area contributed by atoms with Crippen LogP contribution >= 0.6 is 12.2 Å². The van der Waals surface area contributed by atoms with Gasteiger partial charge in [-0.25, -0.2) is 8.78 Å². The quantitative estimate of drug-likeness (QED) is 0.817. The van der Waals surface area contributed by atoms with Crippen LogP contribution in [0.2, 0.25) is 0 Å². The third kappa shape index (κ3) is 1.67. The predicted octanol–water partition coefficient (Wildman–Crippen LogP) is 3.24. The summed E-state index contributed by atoms with van der Waals surface area (Å²) in [5.74, 6) is -1.11.